The quantitative estimate of drug-likeness (QED) is 0.877. The molecule has 0 radical (unpaired) electrons. The fourth-order valence-electron chi connectivity index (χ4n) is 2.33. The van der Waals surface area contributed by atoms with Crippen LogP contribution in [0.1, 0.15) is 12.0 Å². The van der Waals surface area contributed by atoms with Crippen LogP contribution in [-0.4, -0.2) is 48.4 Å². The topological polar surface area (TPSA) is 49.6 Å². The lowest BCUT2D eigenvalue weighted by Gasteiger charge is -2.34. The number of nitrogens with zero attached hydrogens (tertiary/aromatic N) is 2. The predicted molar refractivity (Wildman–Crippen MR) is 71.9 cm³/mol. The molecule has 0 saturated carbocycles. The van der Waals surface area contributed by atoms with E-state index < -0.39 is 0 Å². The second-order valence-electron chi connectivity index (χ2n) is 4.83. The van der Waals surface area contributed by atoms with Gasteiger partial charge in [0, 0.05) is 45.7 Å². The Balaban J connectivity index is 1.82. The maximum atomic E-state index is 13.1. The van der Waals surface area contributed by atoms with Crippen LogP contribution < -0.4 is 5.73 Å². The van der Waals surface area contributed by atoms with Gasteiger partial charge in [0.1, 0.15) is 5.82 Å². The van der Waals surface area contributed by atoms with Crippen molar-refractivity contribution in [1.82, 2.24) is 9.80 Å². The van der Waals surface area contributed by atoms with Crippen LogP contribution in [-0.2, 0) is 11.3 Å². The number of amides is 1. The molecule has 1 aromatic carbocycles. The third kappa shape index (κ3) is 4.01. The van der Waals surface area contributed by atoms with Gasteiger partial charge in [0.15, 0.2) is 0 Å². The molecule has 0 bridgehead atoms. The third-order valence-electron chi connectivity index (χ3n) is 3.38. The highest BCUT2D eigenvalue weighted by Gasteiger charge is 2.20. The second-order valence-corrected chi connectivity index (χ2v) is 4.83. The van der Waals surface area contributed by atoms with Gasteiger partial charge >= 0.3 is 0 Å². The second kappa shape index (κ2) is 6.63. The number of carbonyl (C=O) groups is 1. The predicted octanol–water partition coefficient (Wildman–Crippen LogP) is 0.819. The Morgan fingerprint density at radius 1 is 1.26 bits per heavy atom. The van der Waals surface area contributed by atoms with Crippen LogP contribution in [0.15, 0.2) is 24.3 Å². The normalized spacial score (nSPS) is 16.6. The molecule has 5 heteroatoms. The van der Waals surface area contributed by atoms with Gasteiger partial charge in [-0.2, -0.15) is 0 Å². The summed E-state index contributed by atoms with van der Waals surface area (Å²) in [5, 5.41) is 0. The van der Waals surface area contributed by atoms with Gasteiger partial charge in [0.05, 0.1) is 0 Å². The van der Waals surface area contributed by atoms with E-state index in [1.807, 2.05) is 11.0 Å². The molecular weight excluding hydrogens is 245 g/mol. The standard InChI is InChI=1S/C14H20FN3O/c15-13-3-1-2-12(10-13)11-17-6-8-18(9-7-17)14(19)4-5-16/h1-3,10H,4-9,11,16H2. The van der Waals surface area contributed by atoms with Crippen LogP contribution >= 0.6 is 0 Å². The van der Waals surface area contributed by atoms with Crippen LogP contribution in [0.25, 0.3) is 0 Å². The lowest BCUT2D eigenvalue weighted by atomic mass is 10.2. The molecule has 4 nitrogen and oxygen atoms in total. The van der Waals surface area contributed by atoms with Gasteiger partial charge in [-0.05, 0) is 17.7 Å². The van der Waals surface area contributed by atoms with Crippen molar-refractivity contribution in [2.75, 3.05) is 32.7 Å². The van der Waals surface area contributed by atoms with Crippen molar-refractivity contribution in [3.05, 3.63) is 35.6 Å². The van der Waals surface area contributed by atoms with E-state index in [0.717, 1.165) is 38.3 Å². The van der Waals surface area contributed by atoms with Gasteiger partial charge in [-0.15, -0.1) is 0 Å². The molecule has 0 aromatic heterocycles. The summed E-state index contributed by atoms with van der Waals surface area (Å²) in [6.07, 6.45) is 0.421. The Labute approximate surface area is 113 Å². The van der Waals surface area contributed by atoms with Gasteiger partial charge in [-0.1, -0.05) is 12.1 Å². The minimum absolute atomic E-state index is 0.132. The van der Waals surface area contributed by atoms with E-state index in [-0.39, 0.29) is 11.7 Å². The van der Waals surface area contributed by atoms with Crippen molar-refractivity contribution >= 4 is 5.91 Å². The Morgan fingerprint density at radius 2 is 2.00 bits per heavy atom. The van der Waals surface area contributed by atoms with Gasteiger partial charge in [0.2, 0.25) is 5.91 Å². The molecule has 1 aliphatic heterocycles. The van der Waals surface area contributed by atoms with Gasteiger partial charge in [-0.25, -0.2) is 4.39 Å². The van der Waals surface area contributed by atoms with Crippen molar-refractivity contribution in [3.8, 4) is 0 Å². The molecule has 0 spiro atoms. The van der Waals surface area contributed by atoms with Crippen LogP contribution in [0.4, 0.5) is 4.39 Å². The number of rotatable bonds is 4. The first-order valence-corrected chi connectivity index (χ1v) is 6.63. The van der Waals surface area contributed by atoms with E-state index in [2.05, 4.69) is 4.90 Å². The summed E-state index contributed by atoms with van der Waals surface area (Å²) in [6.45, 7) is 4.25. The first kappa shape index (κ1) is 14.0. The molecular formula is C14H20FN3O. The molecule has 104 valence electrons. The lowest BCUT2D eigenvalue weighted by Crippen LogP contribution is -2.48. The summed E-state index contributed by atoms with van der Waals surface area (Å²) in [7, 11) is 0. The van der Waals surface area contributed by atoms with E-state index in [9.17, 15) is 9.18 Å². The van der Waals surface area contributed by atoms with Crippen molar-refractivity contribution in [2.24, 2.45) is 5.73 Å². The van der Waals surface area contributed by atoms with Crippen molar-refractivity contribution < 1.29 is 9.18 Å². The van der Waals surface area contributed by atoms with E-state index in [1.54, 1.807) is 12.1 Å². The summed E-state index contributed by atoms with van der Waals surface area (Å²) in [5.41, 5.74) is 6.36. The Bertz CT molecular complexity index is 430. The molecule has 0 atom stereocenters. The molecule has 0 unspecified atom stereocenters. The monoisotopic (exact) mass is 265 g/mol. The fourth-order valence-corrected chi connectivity index (χ4v) is 2.33. The smallest absolute Gasteiger partial charge is 0.223 e. The molecule has 1 aromatic rings. The van der Waals surface area contributed by atoms with Crippen LogP contribution in [0, 0.1) is 5.82 Å². The van der Waals surface area contributed by atoms with Gasteiger partial charge in [0.25, 0.3) is 0 Å². The SMILES string of the molecule is NCCC(=O)N1CCN(Cc2cccc(F)c2)CC1. The molecule has 2 N–H and O–H groups in total. The van der Waals surface area contributed by atoms with Gasteiger partial charge < -0.3 is 10.6 Å². The lowest BCUT2D eigenvalue weighted by molar-refractivity contribution is -0.132. The maximum absolute atomic E-state index is 13.1. The molecule has 1 amide bonds. The highest BCUT2D eigenvalue weighted by molar-refractivity contribution is 5.76. The molecule has 1 fully saturated rings. The number of hydrogen-bond donors (Lipinski definition) is 1. The van der Waals surface area contributed by atoms with Crippen LogP contribution in [0.5, 0.6) is 0 Å². The number of nitrogens with two attached hydrogens (primary N) is 1. The number of hydrogen-bond acceptors (Lipinski definition) is 3. The number of benzene rings is 1. The highest BCUT2D eigenvalue weighted by Crippen LogP contribution is 2.10. The first-order chi connectivity index (χ1) is 9.19. The van der Waals surface area contributed by atoms with E-state index >= 15 is 0 Å². The molecule has 1 heterocycles. The van der Waals surface area contributed by atoms with Crippen molar-refractivity contribution in [3.63, 3.8) is 0 Å². The minimum Gasteiger partial charge on any atom is -0.340 e. The largest absolute Gasteiger partial charge is 0.340 e. The maximum Gasteiger partial charge on any atom is 0.223 e. The van der Waals surface area contributed by atoms with Crippen LogP contribution in [0.2, 0.25) is 0 Å². The number of halogens is 1. The molecule has 19 heavy (non-hydrogen) atoms. The Hall–Kier alpha value is -1.46. The first-order valence-electron chi connectivity index (χ1n) is 6.63. The third-order valence-corrected chi connectivity index (χ3v) is 3.38. The molecule has 1 aliphatic rings. The van der Waals surface area contributed by atoms with Gasteiger partial charge in [-0.3, -0.25) is 9.69 Å². The van der Waals surface area contributed by atoms with Crippen molar-refractivity contribution in [1.29, 1.82) is 0 Å². The summed E-state index contributed by atoms with van der Waals surface area (Å²) >= 11 is 0. The van der Waals surface area contributed by atoms with Crippen LogP contribution in [0.3, 0.4) is 0 Å². The molecule has 1 saturated heterocycles. The Kier molecular flexibility index (Phi) is 4.87. The highest BCUT2D eigenvalue weighted by atomic mass is 19.1. The zero-order chi connectivity index (χ0) is 13.7. The van der Waals surface area contributed by atoms with E-state index in [4.69, 9.17) is 5.73 Å². The fraction of sp³-hybridized carbons (Fsp3) is 0.500. The van der Waals surface area contributed by atoms with Crippen molar-refractivity contribution in [2.45, 2.75) is 13.0 Å². The Morgan fingerprint density at radius 3 is 2.63 bits per heavy atom. The van der Waals surface area contributed by atoms with E-state index in [1.165, 1.54) is 6.07 Å². The summed E-state index contributed by atoms with van der Waals surface area (Å²) in [4.78, 5) is 15.8. The summed E-state index contributed by atoms with van der Waals surface area (Å²) in [6, 6.07) is 6.67. The number of piperazine rings is 1. The zero-order valence-corrected chi connectivity index (χ0v) is 11.0. The average Bonchev–Trinajstić information content (AvgIpc) is 2.40. The zero-order valence-electron chi connectivity index (χ0n) is 11.0. The molecule has 2 rings (SSSR count). The molecule has 0 aliphatic carbocycles. The average molecular weight is 265 g/mol. The summed E-state index contributed by atoms with van der Waals surface area (Å²) < 4.78 is 13.1. The number of carbonyl (C=O) groups excluding carboxylic acids is 1. The van der Waals surface area contributed by atoms with E-state index in [0.29, 0.717) is 13.0 Å². The minimum atomic E-state index is -0.200. The summed E-state index contributed by atoms with van der Waals surface area (Å²) in [5.74, 6) is -0.0674.